The summed E-state index contributed by atoms with van der Waals surface area (Å²) in [5, 5.41) is 0. The number of hydrogen-bond donors (Lipinski definition) is 0. The number of fused-ring (bicyclic) bond motifs is 1. The first-order valence-electron chi connectivity index (χ1n) is 9.62. The Kier molecular flexibility index (Phi) is 7.68. The van der Waals surface area contributed by atoms with Gasteiger partial charge in [0, 0.05) is 20.9 Å². The van der Waals surface area contributed by atoms with Crippen LogP contribution in [0.3, 0.4) is 0 Å². The SMILES string of the molecule is CC.CC.Cc1sc(C)c2nc(-c3ccccc3)c(-c3ccccc3)nc12. The minimum absolute atomic E-state index is 0.949. The molecule has 0 saturated heterocycles. The highest BCUT2D eigenvalue weighted by molar-refractivity contribution is 7.13. The number of rotatable bonds is 2. The van der Waals surface area contributed by atoms with E-state index in [1.807, 2.05) is 64.1 Å². The van der Waals surface area contributed by atoms with Gasteiger partial charge in [-0.2, -0.15) is 0 Å². The van der Waals surface area contributed by atoms with Crippen molar-refractivity contribution in [2.24, 2.45) is 0 Å². The van der Waals surface area contributed by atoms with Crippen molar-refractivity contribution in [3.05, 3.63) is 70.4 Å². The van der Waals surface area contributed by atoms with Crippen LogP contribution in [0.15, 0.2) is 60.7 Å². The standard InChI is InChI=1S/C20H16N2S.2C2H6/c1-13-17-18(14(2)23-13)22-20(16-11-7-4-8-12-16)19(21-17)15-9-5-3-6-10-15;2*1-2/h3-12H,1-2H3;2*1-2H3. The summed E-state index contributed by atoms with van der Waals surface area (Å²) in [4.78, 5) is 12.4. The lowest BCUT2D eigenvalue weighted by Gasteiger charge is -2.09. The molecule has 0 amide bonds. The summed E-state index contributed by atoms with van der Waals surface area (Å²) < 4.78 is 0. The average molecular weight is 377 g/mol. The van der Waals surface area contributed by atoms with Crippen LogP contribution in [0.4, 0.5) is 0 Å². The van der Waals surface area contributed by atoms with E-state index in [4.69, 9.17) is 9.97 Å². The summed E-state index contributed by atoms with van der Waals surface area (Å²) in [6.07, 6.45) is 0. The second-order valence-corrected chi connectivity index (χ2v) is 6.99. The van der Waals surface area contributed by atoms with E-state index in [1.165, 1.54) is 9.75 Å². The molecule has 2 aromatic carbocycles. The zero-order valence-corrected chi connectivity index (χ0v) is 17.9. The third-order valence-corrected chi connectivity index (χ3v) is 4.96. The van der Waals surface area contributed by atoms with Crippen molar-refractivity contribution in [2.45, 2.75) is 41.5 Å². The predicted molar refractivity (Wildman–Crippen MR) is 120 cm³/mol. The Morgan fingerprint density at radius 3 is 1.22 bits per heavy atom. The summed E-state index contributed by atoms with van der Waals surface area (Å²) in [7, 11) is 0. The van der Waals surface area contributed by atoms with E-state index >= 15 is 0 Å². The molecule has 0 aliphatic heterocycles. The van der Waals surface area contributed by atoms with Crippen LogP contribution in [0.25, 0.3) is 33.5 Å². The lowest BCUT2D eigenvalue weighted by molar-refractivity contribution is 1.29. The monoisotopic (exact) mass is 376 g/mol. The summed E-state index contributed by atoms with van der Waals surface area (Å²) in [6.45, 7) is 12.2. The molecule has 0 unspecified atom stereocenters. The number of hydrogen-bond acceptors (Lipinski definition) is 3. The van der Waals surface area contributed by atoms with Gasteiger partial charge in [-0.3, -0.25) is 0 Å². The Hall–Kier alpha value is -2.52. The van der Waals surface area contributed by atoms with E-state index in [1.54, 1.807) is 11.3 Å². The molecule has 4 aromatic rings. The zero-order valence-electron chi connectivity index (χ0n) is 17.1. The molecule has 0 atom stereocenters. The minimum atomic E-state index is 0.949. The van der Waals surface area contributed by atoms with E-state index in [0.717, 1.165) is 33.5 Å². The second kappa shape index (κ2) is 9.98. The third kappa shape index (κ3) is 4.42. The van der Waals surface area contributed by atoms with Gasteiger partial charge in [0.2, 0.25) is 0 Å². The van der Waals surface area contributed by atoms with Crippen LogP contribution in [-0.4, -0.2) is 9.97 Å². The zero-order chi connectivity index (χ0) is 19.8. The first-order chi connectivity index (χ1) is 13.2. The number of aromatic nitrogens is 2. The van der Waals surface area contributed by atoms with Crippen molar-refractivity contribution in [1.82, 2.24) is 9.97 Å². The van der Waals surface area contributed by atoms with Gasteiger partial charge >= 0.3 is 0 Å². The van der Waals surface area contributed by atoms with Crippen molar-refractivity contribution in [1.29, 1.82) is 0 Å². The van der Waals surface area contributed by atoms with Gasteiger partial charge in [0.25, 0.3) is 0 Å². The van der Waals surface area contributed by atoms with E-state index in [9.17, 15) is 0 Å². The van der Waals surface area contributed by atoms with Gasteiger partial charge in [-0.1, -0.05) is 88.4 Å². The van der Waals surface area contributed by atoms with E-state index < -0.39 is 0 Å². The second-order valence-electron chi connectivity index (χ2n) is 5.56. The molecule has 0 N–H and O–H groups in total. The molecular formula is C24H28N2S. The highest BCUT2D eigenvalue weighted by atomic mass is 32.1. The van der Waals surface area contributed by atoms with Crippen molar-refractivity contribution in [2.75, 3.05) is 0 Å². The van der Waals surface area contributed by atoms with Gasteiger partial charge in [-0.15, -0.1) is 11.3 Å². The van der Waals surface area contributed by atoms with Crippen LogP contribution < -0.4 is 0 Å². The van der Waals surface area contributed by atoms with E-state index in [-0.39, 0.29) is 0 Å². The van der Waals surface area contributed by atoms with Crippen molar-refractivity contribution in [3.8, 4) is 22.5 Å². The maximum atomic E-state index is 4.99. The normalized spacial score (nSPS) is 9.85. The summed E-state index contributed by atoms with van der Waals surface area (Å²) in [5.41, 5.74) is 6.14. The number of nitrogens with zero attached hydrogens (tertiary/aromatic N) is 2. The van der Waals surface area contributed by atoms with Gasteiger partial charge in [0.15, 0.2) is 0 Å². The molecule has 3 heteroatoms. The van der Waals surface area contributed by atoms with Gasteiger partial charge in [0.05, 0.1) is 11.4 Å². The maximum Gasteiger partial charge on any atom is 0.103 e. The Morgan fingerprint density at radius 2 is 0.889 bits per heavy atom. The first-order valence-corrected chi connectivity index (χ1v) is 10.4. The third-order valence-electron chi connectivity index (χ3n) is 3.96. The Bertz CT molecular complexity index is 894. The lowest BCUT2D eigenvalue weighted by atomic mass is 10.0. The minimum Gasteiger partial charge on any atom is -0.243 e. The molecule has 2 heterocycles. The molecule has 2 nitrogen and oxygen atoms in total. The van der Waals surface area contributed by atoms with Crippen molar-refractivity contribution in [3.63, 3.8) is 0 Å². The molecule has 0 aliphatic rings. The van der Waals surface area contributed by atoms with Crippen LogP contribution in [-0.2, 0) is 0 Å². The highest BCUT2D eigenvalue weighted by Gasteiger charge is 2.16. The number of benzene rings is 2. The molecule has 0 spiro atoms. The molecule has 4 rings (SSSR count). The summed E-state index contributed by atoms with van der Waals surface area (Å²) in [6, 6.07) is 20.6. The molecule has 2 aromatic heterocycles. The fourth-order valence-electron chi connectivity index (χ4n) is 2.85. The van der Waals surface area contributed by atoms with Gasteiger partial charge < -0.3 is 0 Å². The smallest absolute Gasteiger partial charge is 0.103 e. The van der Waals surface area contributed by atoms with E-state index in [0.29, 0.717) is 0 Å². The molecular weight excluding hydrogens is 348 g/mol. The first kappa shape index (κ1) is 20.8. The molecule has 27 heavy (non-hydrogen) atoms. The lowest BCUT2D eigenvalue weighted by Crippen LogP contribution is -1.95. The van der Waals surface area contributed by atoms with Crippen LogP contribution in [0.5, 0.6) is 0 Å². The largest absolute Gasteiger partial charge is 0.243 e. The number of thiophene rings is 1. The van der Waals surface area contributed by atoms with Gasteiger partial charge in [-0.25, -0.2) is 9.97 Å². The van der Waals surface area contributed by atoms with Crippen molar-refractivity contribution >= 4 is 22.4 Å². The summed E-state index contributed by atoms with van der Waals surface area (Å²) in [5.74, 6) is 0. The maximum absolute atomic E-state index is 4.99. The van der Waals surface area contributed by atoms with E-state index in [2.05, 4.69) is 38.1 Å². The quantitative estimate of drug-likeness (QED) is 0.358. The Morgan fingerprint density at radius 1 is 0.556 bits per heavy atom. The Labute approximate surface area is 167 Å². The topological polar surface area (TPSA) is 25.8 Å². The number of aryl methyl sites for hydroxylation is 2. The van der Waals surface area contributed by atoms with Crippen LogP contribution in [0, 0.1) is 13.8 Å². The fourth-order valence-corrected chi connectivity index (χ4v) is 3.78. The molecule has 0 aliphatic carbocycles. The molecule has 0 radical (unpaired) electrons. The molecule has 0 fully saturated rings. The highest BCUT2D eigenvalue weighted by Crippen LogP contribution is 2.35. The summed E-state index contributed by atoms with van der Waals surface area (Å²) >= 11 is 1.77. The molecule has 140 valence electrons. The molecule has 0 saturated carbocycles. The fraction of sp³-hybridized carbons (Fsp3) is 0.250. The van der Waals surface area contributed by atoms with Crippen LogP contribution in [0.1, 0.15) is 37.4 Å². The average Bonchev–Trinajstić information content (AvgIpc) is 3.04. The van der Waals surface area contributed by atoms with Crippen LogP contribution >= 0.6 is 11.3 Å². The molecule has 0 bridgehead atoms. The van der Waals surface area contributed by atoms with Crippen molar-refractivity contribution < 1.29 is 0 Å². The Balaban J connectivity index is 0.000000614. The predicted octanol–water partition coefficient (Wildman–Crippen LogP) is 7.69. The van der Waals surface area contributed by atoms with Crippen LogP contribution in [0.2, 0.25) is 0 Å². The van der Waals surface area contributed by atoms with Gasteiger partial charge in [-0.05, 0) is 13.8 Å². The van der Waals surface area contributed by atoms with Gasteiger partial charge in [0.1, 0.15) is 11.0 Å².